The Labute approximate surface area is 130 Å². The number of carbonyl (C=O) groups is 1. The van der Waals surface area contributed by atoms with Gasteiger partial charge in [-0.1, -0.05) is 0 Å². The van der Waals surface area contributed by atoms with Gasteiger partial charge >= 0.3 is 0 Å². The second-order valence-electron chi connectivity index (χ2n) is 6.21. The Morgan fingerprint density at radius 1 is 1.23 bits per heavy atom. The van der Waals surface area contributed by atoms with Crippen LogP contribution >= 0.6 is 0 Å². The molecule has 2 rings (SSSR count). The second kappa shape index (κ2) is 6.05. The first-order chi connectivity index (χ1) is 10.2. The molecule has 2 aromatic rings. The van der Waals surface area contributed by atoms with Crippen molar-refractivity contribution in [3.63, 3.8) is 0 Å². The van der Waals surface area contributed by atoms with E-state index in [0.717, 1.165) is 5.56 Å². The van der Waals surface area contributed by atoms with E-state index in [1.807, 2.05) is 39.8 Å². The van der Waals surface area contributed by atoms with Crippen LogP contribution in [0.15, 0.2) is 36.5 Å². The molecule has 0 unspecified atom stereocenters. The van der Waals surface area contributed by atoms with Gasteiger partial charge in [-0.25, -0.2) is 4.98 Å². The van der Waals surface area contributed by atoms with Gasteiger partial charge in [-0.2, -0.15) is 0 Å². The van der Waals surface area contributed by atoms with Crippen LogP contribution in [0.2, 0.25) is 0 Å². The standard InChI is InChI=1S/C17H21N3O2/c1-11-9-12(18)5-8-15(11)22-13-6-7-14(19-10-13)16(21)20-17(2,3)4/h5-10H,18H2,1-4H3,(H,20,21). The zero-order valence-electron chi connectivity index (χ0n) is 13.3. The van der Waals surface area contributed by atoms with E-state index < -0.39 is 0 Å². The van der Waals surface area contributed by atoms with Crippen LogP contribution in [0.3, 0.4) is 0 Å². The van der Waals surface area contributed by atoms with Crippen molar-refractivity contribution >= 4 is 11.6 Å². The Balaban J connectivity index is 2.10. The summed E-state index contributed by atoms with van der Waals surface area (Å²) >= 11 is 0. The lowest BCUT2D eigenvalue weighted by molar-refractivity contribution is 0.0914. The van der Waals surface area contributed by atoms with Crippen molar-refractivity contribution < 1.29 is 9.53 Å². The quantitative estimate of drug-likeness (QED) is 0.853. The van der Waals surface area contributed by atoms with Crippen LogP contribution < -0.4 is 15.8 Å². The molecule has 0 spiro atoms. The van der Waals surface area contributed by atoms with E-state index >= 15 is 0 Å². The third kappa shape index (κ3) is 4.22. The van der Waals surface area contributed by atoms with Crippen molar-refractivity contribution in [2.45, 2.75) is 33.2 Å². The van der Waals surface area contributed by atoms with Gasteiger partial charge in [-0.3, -0.25) is 4.79 Å². The molecular weight excluding hydrogens is 278 g/mol. The lowest BCUT2D eigenvalue weighted by Gasteiger charge is -2.20. The van der Waals surface area contributed by atoms with Crippen LogP contribution in [0.5, 0.6) is 11.5 Å². The highest BCUT2D eigenvalue weighted by Gasteiger charge is 2.16. The van der Waals surface area contributed by atoms with Crippen LogP contribution in [0, 0.1) is 6.92 Å². The Morgan fingerprint density at radius 3 is 2.50 bits per heavy atom. The van der Waals surface area contributed by atoms with Gasteiger partial charge in [0.1, 0.15) is 17.2 Å². The summed E-state index contributed by atoms with van der Waals surface area (Å²) < 4.78 is 5.75. The largest absolute Gasteiger partial charge is 0.455 e. The number of nitrogens with zero attached hydrogens (tertiary/aromatic N) is 1. The summed E-state index contributed by atoms with van der Waals surface area (Å²) in [5.41, 5.74) is 7.40. The molecule has 0 radical (unpaired) electrons. The number of amides is 1. The molecule has 22 heavy (non-hydrogen) atoms. The number of anilines is 1. The SMILES string of the molecule is Cc1cc(N)ccc1Oc1ccc(C(=O)NC(C)(C)C)nc1. The van der Waals surface area contributed by atoms with E-state index in [2.05, 4.69) is 10.3 Å². The van der Waals surface area contributed by atoms with Crippen molar-refractivity contribution in [2.24, 2.45) is 0 Å². The number of hydrogen-bond donors (Lipinski definition) is 2. The molecule has 0 saturated carbocycles. The fourth-order valence-corrected chi connectivity index (χ4v) is 1.89. The second-order valence-corrected chi connectivity index (χ2v) is 6.21. The molecule has 5 heteroatoms. The molecule has 0 saturated heterocycles. The number of aryl methyl sites for hydroxylation is 1. The molecule has 0 aliphatic carbocycles. The maximum Gasteiger partial charge on any atom is 0.270 e. The number of nitrogens with two attached hydrogens (primary N) is 1. The molecule has 0 fully saturated rings. The molecule has 0 atom stereocenters. The maximum absolute atomic E-state index is 12.0. The number of pyridine rings is 1. The fourth-order valence-electron chi connectivity index (χ4n) is 1.89. The van der Waals surface area contributed by atoms with Crippen LogP contribution in [0.25, 0.3) is 0 Å². The monoisotopic (exact) mass is 299 g/mol. The van der Waals surface area contributed by atoms with Crippen molar-refractivity contribution in [3.05, 3.63) is 47.8 Å². The zero-order valence-corrected chi connectivity index (χ0v) is 13.3. The van der Waals surface area contributed by atoms with E-state index in [1.165, 1.54) is 6.20 Å². The van der Waals surface area contributed by atoms with Gasteiger partial charge in [0.05, 0.1) is 6.20 Å². The number of benzene rings is 1. The van der Waals surface area contributed by atoms with Gasteiger partial charge in [0.2, 0.25) is 0 Å². The van der Waals surface area contributed by atoms with E-state index in [9.17, 15) is 4.79 Å². The number of aromatic nitrogens is 1. The Bertz CT molecular complexity index is 673. The van der Waals surface area contributed by atoms with E-state index in [4.69, 9.17) is 10.5 Å². The summed E-state index contributed by atoms with van der Waals surface area (Å²) in [7, 11) is 0. The molecule has 3 N–H and O–H groups in total. The van der Waals surface area contributed by atoms with Crippen molar-refractivity contribution in [3.8, 4) is 11.5 Å². The average molecular weight is 299 g/mol. The number of hydrogen-bond acceptors (Lipinski definition) is 4. The maximum atomic E-state index is 12.0. The predicted octanol–water partition coefficient (Wildman–Crippen LogP) is 3.29. The predicted molar refractivity (Wildman–Crippen MR) is 87.1 cm³/mol. The number of rotatable bonds is 3. The first-order valence-corrected chi connectivity index (χ1v) is 7.07. The molecule has 1 heterocycles. The van der Waals surface area contributed by atoms with Crippen molar-refractivity contribution in [1.29, 1.82) is 0 Å². The fraction of sp³-hybridized carbons (Fsp3) is 0.294. The van der Waals surface area contributed by atoms with Crippen LogP contribution in [-0.4, -0.2) is 16.4 Å². The summed E-state index contributed by atoms with van der Waals surface area (Å²) in [6.45, 7) is 7.69. The average Bonchev–Trinajstić information content (AvgIpc) is 2.41. The molecule has 0 aliphatic heterocycles. The normalized spacial score (nSPS) is 11.1. The smallest absolute Gasteiger partial charge is 0.270 e. The third-order valence-electron chi connectivity index (χ3n) is 2.88. The first kappa shape index (κ1) is 15.8. The minimum Gasteiger partial charge on any atom is -0.455 e. The minimum absolute atomic E-state index is 0.206. The highest BCUT2D eigenvalue weighted by Crippen LogP contribution is 2.26. The minimum atomic E-state index is -0.297. The molecule has 0 bridgehead atoms. The van der Waals surface area contributed by atoms with Gasteiger partial charge in [0, 0.05) is 11.2 Å². The van der Waals surface area contributed by atoms with E-state index in [-0.39, 0.29) is 11.4 Å². The number of nitrogen functional groups attached to an aromatic ring is 1. The van der Waals surface area contributed by atoms with Gasteiger partial charge in [-0.15, -0.1) is 0 Å². The topological polar surface area (TPSA) is 77.2 Å². The summed E-state index contributed by atoms with van der Waals surface area (Å²) in [5.74, 6) is 1.07. The Kier molecular flexibility index (Phi) is 4.35. The lowest BCUT2D eigenvalue weighted by atomic mass is 10.1. The zero-order chi connectivity index (χ0) is 16.3. The van der Waals surface area contributed by atoms with Gasteiger partial charge in [0.25, 0.3) is 5.91 Å². The molecule has 1 aromatic heterocycles. The first-order valence-electron chi connectivity index (χ1n) is 7.07. The summed E-state index contributed by atoms with van der Waals surface area (Å²) in [4.78, 5) is 16.1. The van der Waals surface area contributed by atoms with Gasteiger partial charge in [0.15, 0.2) is 0 Å². The number of ether oxygens (including phenoxy) is 1. The third-order valence-corrected chi connectivity index (χ3v) is 2.88. The summed E-state index contributed by atoms with van der Waals surface area (Å²) in [6.07, 6.45) is 1.54. The molecule has 0 aliphatic rings. The Hall–Kier alpha value is -2.56. The molecule has 1 aromatic carbocycles. The highest BCUT2D eigenvalue weighted by atomic mass is 16.5. The number of carbonyl (C=O) groups excluding carboxylic acids is 1. The van der Waals surface area contributed by atoms with E-state index in [0.29, 0.717) is 22.9 Å². The lowest BCUT2D eigenvalue weighted by Crippen LogP contribution is -2.40. The molecule has 116 valence electrons. The Morgan fingerprint density at radius 2 is 1.95 bits per heavy atom. The highest BCUT2D eigenvalue weighted by molar-refractivity contribution is 5.92. The van der Waals surface area contributed by atoms with Gasteiger partial charge in [-0.05, 0) is 63.6 Å². The van der Waals surface area contributed by atoms with Crippen LogP contribution in [-0.2, 0) is 0 Å². The summed E-state index contributed by atoms with van der Waals surface area (Å²) in [5, 5.41) is 2.86. The molecule has 1 amide bonds. The summed E-state index contributed by atoms with van der Waals surface area (Å²) in [6, 6.07) is 8.79. The van der Waals surface area contributed by atoms with Crippen LogP contribution in [0.1, 0.15) is 36.8 Å². The van der Waals surface area contributed by atoms with Crippen molar-refractivity contribution in [1.82, 2.24) is 10.3 Å². The van der Waals surface area contributed by atoms with Crippen molar-refractivity contribution in [2.75, 3.05) is 5.73 Å². The van der Waals surface area contributed by atoms with E-state index in [1.54, 1.807) is 18.2 Å². The van der Waals surface area contributed by atoms with Gasteiger partial charge < -0.3 is 15.8 Å². The molecular formula is C17H21N3O2. The van der Waals surface area contributed by atoms with Crippen LogP contribution in [0.4, 0.5) is 5.69 Å². The molecule has 5 nitrogen and oxygen atoms in total. The number of nitrogens with one attached hydrogen (secondary N) is 1.